The molecule has 0 fully saturated rings. The van der Waals surface area contributed by atoms with Gasteiger partial charge in [0, 0.05) is 11.6 Å². The molecule has 1 amide bonds. The van der Waals surface area contributed by atoms with Gasteiger partial charge in [-0.25, -0.2) is 0 Å². The van der Waals surface area contributed by atoms with Crippen LogP contribution in [-0.4, -0.2) is 17.1 Å². The predicted octanol–water partition coefficient (Wildman–Crippen LogP) is 0.815. The standard InChI is InChI=1S/C9H8N2O4/c1-5-2-8(11(14)15)7(9(10)13)3-6(5)4-12/h2-4H,1H3,(H2,10,13). The summed E-state index contributed by atoms with van der Waals surface area (Å²) in [6.07, 6.45) is 0.519. The first-order valence-corrected chi connectivity index (χ1v) is 4.01. The molecule has 15 heavy (non-hydrogen) atoms. The quantitative estimate of drug-likeness (QED) is 0.451. The molecule has 0 saturated heterocycles. The summed E-state index contributed by atoms with van der Waals surface area (Å²) in [6.45, 7) is 1.54. The van der Waals surface area contributed by atoms with Crippen LogP contribution in [0.15, 0.2) is 12.1 Å². The highest BCUT2D eigenvalue weighted by molar-refractivity contribution is 5.99. The van der Waals surface area contributed by atoms with Gasteiger partial charge in [0.05, 0.1) is 4.92 Å². The molecule has 0 aliphatic rings. The lowest BCUT2D eigenvalue weighted by molar-refractivity contribution is -0.385. The number of nitrogens with zero attached hydrogens (tertiary/aromatic N) is 1. The summed E-state index contributed by atoms with van der Waals surface area (Å²) in [6, 6.07) is 2.28. The molecule has 0 spiro atoms. The normalized spacial score (nSPS) is 9.67. The van der Waals surface area contributed by atoms with Gasteiger partial charge in [0.15, 0.2) is 0 Å². The van der Waals surface area contributed by atoms with Crippen LogP contribution in [0.3, 0.4) is 0 Å². The highest BCUT2D eigenvalue weighted by atomic mass is 16.6. The molecule has 78 valence electrons. The summed E-state index contributed by atoms with van der Waals surface area (Å²) in [4.78, 5) is 31.3. The van der Waals surface area contributed by atoms with E-state index in [2.05, 4.69) is 0 Å². The van der Waals surface area contributed by atoms with E-state index >= 15 is 0 Å². The van der Waals surface area contributed by atoms with Crippen molar-refractivity contribution in [3.8, 4) is 0 Å². The SMILES string of the molecule is Cc1cc([N+](=O)[O-])c(C(N)=O)cc1C=O. The van der Waals surface area contributed by atoms with E-state index in [-0.39, 0.29) is 16.8 Å². The maximum atomic E-state index is 10.9. The van der Waals surface area contributed by atoms with Crippen molar-refractivity contribution in [3.05, 3.63) is 38.9 Å². The zero-order valence-electron chi connectivity index (χ0n) is 7.89. The highest BCUT2D eigenvalue weighted by Gasteiger charge is 2.19. The van der Waals surface area contributed by atoms with Crippen molar-refractivity contribution < 1.29 is 14.5 Å². The molecule has 0 heterocycles. The van der Waals surface area contributed by atoms with Crippen molar-refractivity contribution in [1.29, 1.82) is 0 Å². The number of nitro benzene ring substituents is 1. The number of amides is 1. The van der Waals surface area contributed by atoms with Crippen LogP contribution >= 0.6 is 0 Å². The van der Waals surface area contributed by atoms with Crippen LogP contribution in [0.4, 0.5) is 5.69 Å². The number of aldehydes is 1. The van der Waals surface area contributed by atoms with Gasteiger partial charge in [-0.2, -0.15) is 0 Å². The van der Waals surface area contributed by atoms with Crippen LogP contribution < -0.4 is 5.73 Å². The van der Waals surface area contributed by atoms with Gasteiger partial charge in [0.1, 0.15) is 11.8 Å². The average molecular weight is 208 g/mol. The number of rotatable bonds is 3. The molecule has 1 rings (SSSR count). The molecule has 0 bridgehead atoms. The first-order chi connectivity index (χ1) is 6.97. The summed E-state index contributed by atoms with van der Waals surface area (Å²) < 4.78 is 0. The fourth-order valence-corrected chi connectivity index (χ4v) is 1.18. The third-order valence-corrected chi connectivity index (χ3v) is 1.97. The van der Waals surface area contributed by atoms with Gasteiger partial charge in [0.2, 0.25) is 0 Å². The van der Waals surface area contributed by atoms with E-state index in [1.54, 1.807) is 6.92 Å². The number of benzene rings is 1. The van der Waals surface area contributed by atoms with Crippen LogP contribution in [0, 0.1) is 17.0 Å². The Bertz CT molecular complexity index is 454. The molecule has 0 unspecified atom stereocenters. The van der Waals surface area contributed by atoms with Gasteiger partial charge >= 0.3 is 0 Å². The summed E-state index contributed by atoms with van der Waals surface area (Å²) in [7, 11) is 0. The zero-order valence-corrected chi connectivity index (χ0v) is 7.89. The summed E-state index contributed by atoms with van der Waals surface area (Å²) in [5.41, 5.74) is 4.98. The number of carbonyl (C=O) groups is 2. The minimum Gasteiger partial charge on any atom is -0.365 e. The average Bonchev–Trinajstić information content (AvgIpc) is 2.16. The monoisotopic (exact) mass is 208 g/mol. The molecule has 0 radical (unpaired) electrons. The Morgan fingerprint density at radius 2 is 2.13 bits per heavy atom. The number of aryl methyl sites for hydroxylation is 1. The summed E-state index contributed by atoms with van der Waals surface area (Å²) >= 11 is 0. The van der Waals surface area contributed by atoms with E-state index in [9.17, 15) is 19.7 Å². The van der Waals surface area contributed by atoms with E-state index in [1.807, 2.05) is 0 Å². The second kappa shape index (κ2) is 3.87. The number of hydrogen-bond acceptors (Lipinski definition) is 4. The van der Waals surface area contributed by atoms with E-state index < -0.39 is 10.8 Å². The molecule has 0 aliphatic carbocycles. The Morgan fingerprint density at radius 3 is 2.53 bits per heavy atom. The van der Waals surface area contributed by atoms with Crippen molar-refractivity contribution in [2.75, 3.05) is 0 Å². The molecular weight excluding hydrogens is 200 g/mol. The molecular formula is C9H8N2O4. The Kier molecular flexibility index (Phi) is 2.80. The topological polar surface area (TPSA) is 103 Å². The molecule has 6 nitrogen and oxygen atoms in total. The van der Waals surface area contributed by atoms with Crippen molar-refractivity contribution in [2.24, 2.45) is 5.73 Å². The van der Waals surface area contributed by atoms with Gasteiger partial charge in [-0.15, -0.1) is 0 Å². The minimum atomic E-state index is -0.926. The van der Waals surface area contributed by atoms with E-state index in [0.29, 0.717) is 11.8 Å². The Morgan fingerprint density at radius 1 is 1.53 bits per heavy atom. The number of primary amides is 1. The largest absolute Gasteiger partial charge is 0.365 e. The van der Waals surface area contributed by atoms with Gasteiger partial charge in [-0.3, -0.25) is 19.7 Å². The fourth-order valence-electron chi connectivity index (χ4n) is 1.18. The van der Waals surface area contributed by atoms with E-state index in [1.165, 1.54) is 0 Å². The Labute approximate surface area is 84.8 Å². The van der Waals surface area contributed by atoms with Crippen molar-refractivity contribution in [2.45, 2.75) is 6.92 Å². The first kappa shape index (κ1) is 10.8. The lowest BCUT2D eigenvalue weighted by Crippen LogP contribution is -2.14. The zero-order chi connectivity index (χ0) is 11.6. The lowest BCUT2D eigenvalue weighted by Gasteiger charge is -2.02. The summed E-state index contributed by atoms with van der Waals surface area (Å²) in [5, 5.41) is 10.6. The van der Waals surface area contributed by atoms with Crippen LogP contribution in [0.25, 0.3) is 0 Å². The predicted molar refractivity (Wildman–Crippen MR) is 51.7 cm³/mol. The van der Waals surface area contributed by atoms with Gasteiger partial charge in [-0.1, -0.05) is 0 Å². The second-order valence-corrected chi connectivity index (χ2v) is 2.97. The summed E-state index contributed by atoms with van der Waals surface area (Å²) in [5.74, 6) is -0.926. The maximum Gasteiger partial charge on any atom is 0.282 e. The van der Waals surface area contributed by atoms with Crippen molar-refractivity contribution in [1.82, 2.24) is 0 Å². The smallest absolute Gasteiger partial charge is 0.282 e. The van der Waals surface area contributed by atoms with Gasteiger partial charge < -0.3 is 5.73 Å². The third-order valence-electron chi connectivity index (χ3n) is 1.97. The molecule has 1 aromatic rings. The second-order valence-electron chi connectivity index (χ2n) is 2.97. The van der Waals surface area contributed by atoms with Crippen molar-refractivity contribution in [3.63, 3.8) is 0 Å². The van der Waals surface area contributed by atoms with E-state index in [4.69, 9.17) is 5.73 Å². The van der Waals surface area contributed by atoms with Gasteiger partial charge in [0.25, 0.3) is 11.6 Å². The number of carbonyl (C=O) groups excluding carboxylic acids is 2. The third kappa shape index (κ3) is 1.98. The molecule has 2 N–H and O–H groups in total. The maximum absolute atomic E-state index is 10.9. The highest BCUT2D eigenvalue weighted by Crippen LogP contribution is 2.22. The number of nitrogens with two attached hydrogens (primary N) is 1. The number of nitro groups is 1. The van der Waals surface area contributed by atoms with Gasteiger partial charge in [-0.05, 0) is 18.6 Å². The molecule has 6 heteroatoms. The van der Waals surface area contributed by atoms with Crippen LogP contribution in [0.5, 0.6) is 0 Å². The van der Waals surface area contributed by atoms with Crippen LogP contribution in [-0.2, 0) is 0 Å². The van der Waals surface area contributed by atoms with E-state index in [0.717, 1.165) is 12.1 Å². The molecule has 0 aromatic heterocycles. The van der Waals surface area contributed by atoms with Crippen LogP contribution in [0.2, 0.25) is 0 Å². The minimum absolute atomic E-state index is 0.217. The van der Waals surface area contributed by atoms with Crippen molar-refractivity contribution >= 4 is 17.9 Å². The Hall–Kier alpha value is -2.24. The Balaban J connectivity index is 3.52. The van der Waals surface area contributed by atoms with Crippen LogP contribution in [0.1, 0.15) is 26.3 Å². The molecule has 0 atom stereocenters. The molecule has 0 saturated carbocycles. The lowest BCUT2D eigenvalue weighted by atomic mass is 10.0. The first-order valence-electron chi connectivity index (χ1n) is 4.01. The molecule has 0 aliphatic heterocycles. The fraction of sp³-hybridized carbons (Fsp3) is 0.111. The number of hydrogen-bond donors (Lipinski definition) is 1. The molecule has 1 aromatic carbocycles.